The predicted molar refractivity (Wildman–Crippen MR) is 131 cm³/mol. The Balaban J connectivity index is 1.65. The van der Waals surface area contributed by atoms with Gasteiger partial charge in [-0.15, -0.1) is 0 Å². The lowest BCUT2D eigenvalue weighted by Gasteiger charge is -2.37. The Morgan fingerprint density at radius 3 is 2.58 bits per heavy atom. The number of carbonyl (C=O) groups excluding carboxylic acids is 1. The summed E-state index contributed by atoms with van der Waals surface area (Å²) in [6.07, 6.45) is 0.276. The first-order chi connectivity index (χ1) is 17.8. The molecular weight excluding hydrogens is 530 g/mol. The number of amides is 1. The second kappa shape index (κ2) is 10.8. The highest BCUT2D eigenvalue weighted by atomic mass is 32.2. The molecule has 13 heteroatoms. The second-order valence-electron chi connectivity index (χ2n) is 10.4. The van der Waals surface area contributed by atoms with Crippen LogP contribution in [-0.2, 0) is 19.4 Å². The van der Waals surface area contributed by atoms with Gasteiger partial charge in [-0.25, -0.2) is 17.2 Å². The number of sulfone groups is 1. The largest absolute Gasteiger partial charge is 0.435 e. The van der Waals surface area contributed by atoms with Crippen LogP contribution >= 0.6 is 0 Å². The van der Waals surface area contributed by atoms with E-state index < -0.39 is 57.4 Å². The van der Waals surface area contributed by atoms with Crippen LogP contribution in [0, 0.1) is 11.3 Å². The molecule has 1 aliphatic carbocycles. The van der Waals surface area contributed by atoms with E-state index >= 15 is 8.78 Å². The maximum Gasteiger partial charge on any atom is 0.387 e. The molecule has 4 rings (SSSR count). The Morgan fingerprint density at radius 1 is 1.24 bits per heavy atom. The van der Waals surface area contributed by atoms with Crippen LogP contribution in [0.1, 0.15) is 44.6 Å². The number of nitrogens with one attached hydrogen (secondary N) is 3. The van der Waals surface area contributed by atoms with Gasteiger partial charge < -0.3 is 20.1 Å². The molecule has 0 bridgehead atoms. The first-order valence-corrected chi connectivity index (χ1v) is 14.2. The molecule has 3 N–H and O–H groups in total. The zero-order chi connectivity index (χ0) is 27.7. The van der Waals surface area contributed by atoms with Gasteiger partial charge in [0.1, 0.15) is 5.75 Å². The molecule has 2 atom stereocenters. The van der Waals surface area contributed by atoms with Crippen molar-refractivity contribution in [1.29, 1.82) is 5.41 Å². The van der Waals surface area contributed by atoms with Crippen molar-refractivity contribution in [3.63, 3.8) is 0 Å². The van der Waals surface area contributed by atoms with E-state index in [-0.39, 0.29) is 47.4 Å². The van der Waals surface area contributed by atoms with Gasteiger partial charge in [-0.1, -0.05) is 12.1 Å². The molecule has 2 aliphatic heterocycles. The first kappa shape index (κ1) is 28.3. The minimum atomic E-state index is -3.60. The summed E-state index contributed by atoms with van der Waals surface area (Å²) in [6.45, 7) is -0.671. The molecule has 0 radical (unpaired) electrons. The molecule has 0 unspecified atom stereocenters. The highest BCUT2D eigenvalue weighted by Crippen LogP contribution is 2.43. The number of benzene rings is 1. The Kier molecular flexibility index (Phi) is 8.08. The number of rotatable bonds is 8. The number of hydrogen-bond acceptors (Lipinski definition) is 7. The van der Waals surface area contributed by atoms with E-state index in [1.807, 2.05) is 0 Å². The van der Waals surface area contributed by atoms with E-state index in [2.05, 4.69) is 15.4 Å². The number of halogens is 4. The summed E-state index contributed by atoms with van der Waals surface area (Å²) in [4.78, 5) is 13.1. The molecule has 3 aliphatic rings. The van der Waals surface area contributed by atoms with E-state index in [1.54, 1.807) is 6.92 Å². The van der Waals surface area contributed by atoms with Crippen LogP contribution in [0.2, 0.25) is 0 Å². The van der Waals surface area contributed by atoms with Gasteiger partial charge >= 0.3 is 6.61 Å². The molecule has 0 spiro atoms. The summed E-state index contributed by atoms with van der Waals surface area (Å²) in [6, 6.07) is 4.81. The fourth-order valence-corrected chi connectivity index (χ4v) is 7.37. The van der Waals surface area contributed by atoms with Crippen LogP contribution in [0.25, 0.3) is 0 Å². The van der Waals surface area contributed by atoms with Gasteiger partial charge in [0.05, 0.1) is 28.3 Å². The fourth-order valence-electron chi connectivity index (χ4n) is 5.27. The smallest absolute Gasteiger partial charge is 0.387 e. The Labute approximate surface area is 218 Å². The molecule has 0 saturated carbocycles. The van der Waals surface area contributed by atoms with Crippen molar-refractivity contribution < 1.29 is 40.2 Å². The molecular formula is C25H31F4N3O5S. The van der Waals surface area contributed by atoms with E-state index in [0.717, 1.165) is 6.07 Å². The predicted octanol–water partition coefficient (Wildman–Crippen LogP) is 3.42. The SMILES string of the molecule is C[C@]1(NC(=O)[C@@H]2CC(NC3CCOCC3)=C(C(=N)c3cccc(OC(F)F)c3)C(F)(F)C2)CCS(=O)(=O)C1. The van der Waals surface area contributed by atoms with Crippen molar-refractivity contribution in [2.75, 3.05) is 24.7 Å². The topological polar surface area (TPSA) is 118 Å². The van der Waals surface area contributed by atoms with Crippen molar-refractivity contribution in [1.82, 2.24) is 10.6 Å². The van der Waals surface area contributed by atoms with Gasteiger partial charge in [-0.3, -0.25) is 10.2 Å². The third kappa shape index (κ3) is 6.66. The van der Waals surface area contributed by atoms with Crippen molar-refractivity contribution in [2.45, 2.75) is 63.1 Å². The lowest BCUT2D eigenvalue weighted by molar-refractivity contribution is -0.129. The number of hydrogen-bond donors (Lipinski definition) is 3. The van der Waals surface area contributed by atoms with Gasteiger partial charge in [0, 0.05) is 42.9 Å². The summed E-state index contributed by atoms with van der Waals surface area (Å²) < 4.78 is 90.5. The average Bonchev–Trinajstić information content (AvgIpc) is 3.10. The second-order valence-corrected chi connectivity index (χ2v) is 12.6. The monoisotopic (exact) mass is 561 g/mol. The van der Waals surface area contributed by atoms with Crippen LogP contribution in [0.4, 0.5) is 17.6 Å². The van der Waals surface area contributed by atoms with E-state index in [1.165, 1.54) is 18.2 Å². The van der Waals surface area contributed by atoms with Crippen molar-refractivity contribution in [3.8, 4) is 5.75 Å². The molecule has 2 fully saturated rings. The molecule has 2 saturated heterocycles. The maximum absolute atomic E-state index is 15.8. The molecule has 8 nitrogen and oxygen atoms in total. The quantitative estimate of drug-likeness (QED) is 0.331. The zero-order valence-corrected chi connectivity index (χ0v) is 21.7. The van der Waals surface area contributed by atoms with E-state index in [4.69, 9.17) is 10.1 Å². The molecule has 1 amide bonds. The van der Waals surface area contributed by atoms with Crippen molar-refractivity contribution in [2.24, 2.45) is 5.92 Å². The van der Waals surface area contributed by atoms with Crippen LogP contribution < -0.4 is 15.4 Å². The fraction of sp³-hybridized carbons (Fsp3) is 0.600. The molecule has 38 heavy (non-hydrogen) atoms. The van der Waals surface area contributed by atoms with E-state index in [0.29, 0.717) is 26.1 Å². The van der Waals surface area contributed by atoms with Gasteiger partial charge in [0.25, 0.3) is 5.92 Å². The molecule has 1 aromatic rings. The van der Waals surface area contributed by atoms with Gasteiger partial charge in [-0.2, -0.15) is 8.78 Å². The Morgan fingerprint density at radius 2 is 1.95 bits per heavy atom. The zero-order valence-electron chi connectivity index (χ0n) is 20.9. The lowest BCUT2D eigenvalue weighted by atomic mass is 9.79. The van der Waals surface area contributed by atoms with Crippen LogP contribution in [0.5, 0.6) is 5.75 Å². The maximum atomic E-state index is 15.8. The number of ether oxygens (including phenoxy) is 2. The third-order valence-corrected chi connectivity index (χ3v) is 9.02. The summed E-state index contributed by atoms with van der Waals surface area (Å²) in [5, 5.41) is 14.4. The minimum Gasteiger partial charge on any atom is -0.435 e. The van der Waals surface area contributed by atoms with E-state index in [9.17, 15) is 22.0 Å². The third-order valence-electron chi connectivity index (χ3n) is 7.12. The lowest BCUT2D eigenvalue weighted by Crippen LogP contribution is -2.52. The minimum absolute atomic E-state index is 0.0303. The molecule has 2 heterocycles. The molecule has 210 valence electrons. The molecule has 0 aromatic heterocycles. The van der Waals surface area contributed by atoms with Crippen LogP contribution in [0.15, 0.2) is 35.5 Å². The normalized spacial score (nSPS) is 27.3. The molecule has 1 aromatic carbocycles. The summed E-state index contributed by atoms with van der Waals surface area (Å²) in [7, 11) is -3.33. The summed E-state index contributed by atoms with van der Waals surface area (Å²) in [5.74, 6) is -6.06. The Bertz CT molecular complexity index is 1220. The van der Waals surface area contributed by atoms with Crippen molar-refractivity contribution in [3.05, 3.63) is 41.1 Å². The highest BCUT2D eigenvalue weighted by Gasteiger charge is 2.49. The van der Waals surface area contributed by atoms with Crippen LogP contribution in [-0.4, -0.2) is 68.9 Å². The summed E-state index contributed by atoms with van der Waals surface area (Å²) >= 11 is 0. The van der Waals surface area contributed by atoms with Crippen LogP contribution in [0.3, 0.4) is 0 Å². The van der Waals surface area contributed by atoms with Gasteiger partial charge in [-0.05, 0) is 44.7 Å². The standard InChI is InChI=1S/C25H31F4N3O5S/c1-24(7-10-38(34,35)14-24)32-22(33)16-12-19(31-17-5-8-36-9-6-17)20(25(28,29)13-16)21(30)15-3-2-4-18(11-15)37-23(26)27/h2-4,11,16-17,23,30-31H,5-10,12-14H2,1H3,(H,32,33)/t16-,24+/m1/s1. The van der Waals surface area contributed by atoms with Gasteiger partial charge in [0.15, 0.2) is 9.84 Å². The number of carbonyl (C=O) groups is 1. The van der Waals surface area contributed by atoms with Gasteiger partial charge in [0.2, 0.25) is 5.91 Å². The Hall–Kier alpha value is -2.67. The number of alkyl halides is 4. The summed E-state index contributed by atoms with van der Waals surface area (Å²) in [5.41, 5.74) is -2.20. The first-order valence-electron chi connectivity index (χ1n) is 12.4. The number of allylic oxidation sites excluding steroid dienone is 2. The van der Waals surface area contributed by atoms with Crippen molar-refractivity contribution >= 4 is 21.5 Å². The highest BCUT2D eigenvalue weighted by molar-refractivity contribution is 7.91. The average molecular weight is 562 g/mol.